The molecule has 8 heterocycles. The van der Waals surface area contributed by atoms with Gasteiger partial charge in [0, 0.05) is 107 Å². The van der Waals surface area contributed by atoms with Crippen molar-refractivity contribution in [1.29, 1.82) is 0 Å². The zero-order valence-corrected chi connectivity index (χ0v) is 37.8. The lowest BCUT2D eigenvalue weighted by Gasteiger charge is -2.45. The average molecular weight is 907 g/mol. The minimum Gasteiger partial charge on any atom is -0.457 e. The molecular weight excluding hydrogens is 849 g/mol. The van der Waals surface area contributed by atoms with Crippen LogP contribution in [-0.2, 0) is 16.1 Å². The van der Waals surface area contributed by atoms with E-state index in [0.717, 1.165) is 149 Å². The molecule has 6 aliphatic rings. The first-order valence-corrected chi connectivity index (χ1v) is 24.1. The van der Waals surface area contributed by atoms with Crippen molar-refractivity contribution in [2.45, 2.75) is 82.1 Å². The number of imide groups is 1. The fourth-order valence-corrected chi connectivity index (χ4v) is 11.4. The van der Waals surface area contributed by atoms with Crippen molar-refractivity contribution in [3.8, 4) is 22.8 Å². The van der Waals surface area contributed by atoms with E-state index in [1.165, 1.54) is 6.33 Å². The van der Waals surface area contributed by atoms with Gasteiger partial charge in [0.15, 0.2) is 5.65 Å². The molecule has 5 aromatic rings. The van der Waals surface area contributed by atoms with Crippen LogP contribution in [0.5, 0.6) is 11.5 Å². The molecule has 5 amide bonds. The number of carbonyl (C=O) groups excluding carboxylic acids is 4. The first kappa shape index (κ1) is 43.0. The van der Waals surface area contributed by atoms with Crippen LogP contribution in [0.4, 0.5) is 16.3 Å². The third kappa shape index (κ3) is 8.54. The van der Waals surface area contributed by atoms with Crippen LogP contribution in [0.1, 0.15) is 73.3 Å². The van der Waals surface area contributed by atoms with Gasteiger partial charge in [0.2, 0.25) is 11.8 Å². The van der Waals surface area contributed by atoms with Crippen molar-refractivity contribution >= 4 is 46.3 Å². The molecule has 5 fully saturated rings. The smallest absolute Gasteiger partial charge is 0.320 e. The highest BCUT2D eigenvalue weighted by Gasteiger charge is 2.40. The van der Waals surface area contributed by atoms with Gasteiger partial charge in [-0.05, 0) is 105 Å². The molecule has 0 bridgehead atoms. The quantitative estimate of drug-likeness (QED) is 0.197. The van der Waals surface area contributed by atoms with E-state index >= 15 is 0 Å². The number of benzene rings is 3. The molecule has 3 aromatic carbocycles. The normalized spacial score (nSPS) is 21.9. The Morgan fingerprint density at radius 3 is 2.06 bits per heavy atom. The maximum absolute atomic E-state index is 13.8. The number of aromatic nitrogens is 4. The molecule has 0 aliphatic carbocycles. The summed E-state index contributed by atoms with van der Waals surface area (Å²) in [4.78, 5) is 73.5. The van der Waals surface area contributed by atoms with Crippen LogP contribution < -0.4 is 20.7 Å². The summed E-state index contributed by atoms with van der Waals surface area (Å²) in [5.41, 5.74) is 11.6. The first-order valence-electron chi connectivity index (χ1n) is 24.1. The lowest BCUT2D eigenvalue weighted by molar-refractivity contribution is -0.136. The van der Waals surface area contributed by atoms with Crippen LogP contribution in [-0.4, -0.2) is 152 Å². The largest absolute Gasteiger partial charge is 0.457 e. The van der Waals surface area contributed by atoms with Crippen LogP contribution in [0.15, 0.2) is 79.1 Å². The molecule has 348 valence electrons. The number of amides is 5. The topological polar surface area (TPSA) is 179 Å². The number of fused-ring (bicyclic) bond motifs is 2. The molecule has 17 nitrogen and oxygen atoms in total. The van der Waals surface area contributed by atoms with Crippen LogP contribution in [0.25, 0.3) is 22.3 Å². The third-order valence-electron chi connectivity index (χ3n) is 15.2. The Labute approximate surface area is 389 Å². The SMILES string of the molecule is Nc1ncnc2c1c(-c1ccc(Oc3ccccc3)cc1)nn2C1CCN(C2CCN(C(=O)N3CCN(C4CCN(c5ccc6c(c5)CN(C5CCC(=O)NC5=O)C6=O)CC4)CC3)CC2)CC1. The Kier molecular flexibility index (Phi) is 11.7. The summed E-state index contributed by atoms with van der Waals surface area (Å²) in [5, 5.41) is 8.30. The van der Waals surface area contributed by atoms with Gasteiger partial charge in [-0.15, -0.1) is 0 Å². The Bertz CT molecular complexity index is 2640. The van der Waals surface area contributed by atoms with Crippen LogP contribution in [0.2, 0.25) is 0 Å². The Hall–Kier alpha value is -6.59. The summed E-state index contributed by atoms with van der Waals surface area (Å²) in [6.07, 6.45) is 8.09. The highest BCUT2D eigenvalue weighted by Crippen LogP contribution is 2.37. The zero-order chi connectivity index (χ0) is 45.6. The zero-order valence-electron chi connectivity index (χ0n) is 37.8. The molecule has 1 atom stereocenters. The molecule has 0 radical (unpaired) electrons. The number of piperazine rings is 1. The Morgan fingerprint density at radius 2 is 1.34 bits per heavy atom. The number of para-hydroxylation sites is 1. The summed E-state index contributed by atoms with van der Waals surface area (Å²) in [6, 6.07) is 24.4. The minimum absolute atomic E-state index is 0.141. The number of ether oxygens (including phenoxy) is 1. The van der Waals surface area contributed by atoms with Crippen molar-refractivity contribution in [2.24, 2.45) is 0 Å². The number of anilines is 2. The lowest BCUT2D eigenvalue weighted by Crippen LogP contribution is -2.58. The van der Waals surface area contributed by atoms with Gasteiger partial charge in [-0.1, -0.05) is 18.2 Å². The standard InChI is InChI=1S/C50H58N12O5/c51-46-44-45(33-6-9-40(10-7-33)67-39-4-2-1-3-5-39)55-62(47(44)53-32-52-46)37-18-22-56(23-19-37)35-16-24-59(25-17-35)50(66)60-28-26-58(27-29-60)36-14-20-57(21-15-36)38-8-11-41-34(30-38)31-61(49(41)65)42-12-13-43(63)54-48(42)64/h1-11,30,32,35-37,42H,12-29,31H2,(H2,51,52,53)(H,54,63,64). The first-order chi connectivity index (χ1) is 32.7. The van der Waals surface area contributed by atoms with Gasteiger partial charge in [0.05, 0.1) is 11.4 Å². The molecule has 2 aromatic heterocycles. The van der Waals surface area contributed by atoms with E-state index in [-0.39, 0.29) is 36.2 Å². The molecule has 0 saturated carbocycles. The van der Waals surface area contributed by atoms with E-state index in [9.17, 15) is 19.2 Å². The number of nitrogens with one attached hydrogen (secondary N) is 1. The van der Waals surface area contributed by atoms with E-state index in [1.807, 2.05) is 66.7 Å². The number of nitrogen functional groups attached to an aromatic ring is 1. The number of rotatable bonds is 8. The molecule has 17 heteroatoms. The maximum Gasteiger partial charge on any atom is 0.320 e. The van der Waals surface area contributed by atoms with Crippen LogP contribution in [0.3, 0.4) is 0 Å². The third-order valence-corrected chi connectivity index (χ3v) is 15.2. The molecular formula is C50H58N12O5. The highest BCUT2D eigenvalue weighted by atomic mass is 16.5. The van der Waals surface area contributed by atoms with Gasteiger partial charge in [-0.25, -0.2) is 19.4 Å². The summed E-state index contributed by atoms with van der Waals surface area (Å²) in [7, 11) is 0. The molecule has 11 rings (SSSR count). The lowest BCUT2D eigenvalue weighted by atomic mass is 9.98. The summed E-state index contributed by atoms with van der Waals surface area (Å²) < 4.78 is 8.10. The second-order valence-corrected chi connectivity index (χ2v) is 18.9. The van der Waals surface area contributed by atoms with Crippen molar-refractivity contribution in [1.82, 2.24) is 49.6 Å². The molecule has 6 aliphatic heterocycles. The van der Waals surface area contributed by atoms with Gasteiger partial charge in [0.25, 0.3) is 5.91 Å². The van der Waals surface area contributed by atoms with E-state index in [4.69, 9.17) is 15.6 Å². The number of carbonyl (C=O) groups is 4. The monoisotopic (exact) mass is 906 g/mol. The molecule has 0 spiro atoms. The van der Waals surface area contributed by atoms with Crippen molar-refractivity contribution in [3.63, 3.8) is 0 Å². The van der Waals surface area contributed by atoms with E-state index < -0.39 is 6.04 Å². The predicted molar refractivity (Wildman–Crippen MR) is 252 cm³/mol. The van der Waals surface area contributed by atoms with E-state index in [2.05, 4.69) is 50.5 Å². The summed E-state index contributed by atoms with van der Waals surface area (Å²) >= 11 is 0. The number of likely N-dealkylation sites (tertiary alicyclic amines) is 2. The van der Waals surface area contributed by atoms with Gasteiger partial charge in [0.1, 0.15) is 35.4 Å². The van der Waals surface area contributed by atoms with E-state index in [1.54, 1.807) is 4.90 Å². The number of hydrogen-bond acceptors (Lipinski definition) is 12. The number of hydrogen-bond donors (Lipinski definition) is 2. The summed E-state index contributed by atoms with van der Waals surface area (Å²) in [6.45, 7) is 9.01. The predicted octanol–water partition coefficient (Wildman–Crippen LogP) is 5.14. The highest BCUT2D eigenvalue weighted by molar-refractivity contribution is 6.05. The maximum atomic E-state index is 13.8. The summed E-state index contributed by atoms with van der Waals surface area (Å²) in [5.74, 6) is 1.14. The van der Waals surface area contributed by atoms with Gasteiger partial charge < -0.3 is 35.0 Å². The van der Waals surface area contributed by atoms with E-state index in [0.29, 0.717) is 36.4 Å². The van der Waals surface area contributed by atoms with Gasteiger partial charge in [-0.2, -0.15) is 5.10 Å². The number of nitrogens with zero attached hydrogens (tertiary/aromatic N) is 10. The Balaban J connectivity index is 0.629. The molecule has 67 heavy (non-hydrogen) atoms. The number of nitrogens with two attached hydrogens (primary N) is 1. The average Bonchev–Trinajstić information content (AvgIpc) is 3.92. The van der Waals surface area contributed by atoms with Crippen LogP contribution in [0, 0.1) is 0 Å². The number of urea groups is 1. The van der Waals surface area contributed by atoms with Crippen molar-refractivity contribution in [2.75, 3.05) is 76.1 Å². The van der Waals surface area contributed by atoms with Crippen molar-refractivity contribution in [3.05, 3.63) is 90.3 Å². The van der Waals surface area contributed by atoms with Gasteiger partial charge >= 0.3 is 6.03 Å². The second-order valence-electron chi connectivity index (χ2n) is 18.9. The minimum atomic E-state index is -0.608. The molecule has 5 saturated heterocycles. The van der Waals surface area contributed by atoms with Gasteiger partial charge in [-0.3, -0.25) is 24.6 Å². The fraction of sp³-hybridized carbons (Fsp3) is 0.460. The second kappa shape index (κ2) is 18.2. The van der Waals surface area contributed by atoms with Crippen molar-refractivity contribution < 1.29 is 23.9 Å². The number of piperidine rings is 4. The van der Waals surface area contributed by atoms with Crippen LogP contribution >= 0.6 is 0 Å². The molecule has 3 N–H and O–H groups in total. The molecule has 1 unspecified atom stereocenters. The fourth-order valence-electron chi connectivity index (χ4n) is 11.4. The Morgan fingerprint density at radius 1 is 0.687 bits per heavy atom.